The van der Waals surface area contributed by atoms with Crippen molar-refractivity contribution in [1.29, 1.82) is 0 Å². The fourth-order valence-corrected chi connectivity index (χ4v) is 2.33. The van der Waals surface area contributed by atoms with Crippen LogP contribution in [0.5, 0.6) is 5.75 Å². The van der Waals surface area contributed by atoms with E-state index in [9.17, 15) is 19.8 Å². The SMILES string of the molecule is C/C(=C\C=C(/CCl)C(=O)N[C@@H](C)C(=O)O)C(O)CCc1cccc(O)c1. The minimum atomic E-state index is -1.14. The third-order valence-electron chi connectivity index (χ3n) is 3.84. The van der Waals surface area contributed by atoms with Crippen molar-refractivity contribution in [2.75, 3.05) is 5.88 Å². The lowest BCUT2D eigenvalue weighted by atomic mass is 10.0. The van der Waals surface area contributed by atoms with Gasteiger partial charge in [0.05, 0.1) is 12.0 Å². The van der Waals surface area contributed by atoms with Gasteiger partial charge in [0, 0.05) is 5.57 Å². The molecule has 4 N–H and O–H groups in total. The Balaban J connectivity index is 2.68. The molecule has 0 aromatic heterocycles. The number of hydrogen-bond acceptors (Lipinski definition) is 4. The molecule has 6 nitrogen and oxygen atoms in total. The molecule has 0 heterocycles. The molecule has 0 spiro atoms. The summed E-state index contributed by atoms with van der Waals surface area (Å²) in [6.07, 6.45) is 3.40. The summed E-state index contributed by atoms with van der Waals surface area (Å²) < 4.78 is 0. The summed E-state index contributed by atoms with van der Waals surface area (Å²) in [5.74, 6) is -1.60. The van der Waals surface area contributed by atoms with Crippen molar-refractivity contribution in [1.82, 2.24) is 5.32 Å². The van der Waals surface area contributed by atoms with E-state index in [2.05, 4.69) is 5.32 Å². The van der Waals surface area contributed by atoms with Gasteiger partial charge >= 0.3 is 5.97 Å². The van der Waals surface area contributed by atoms with Crippen LogP contribution >= 0.6 is 11.6 Å². The largest absolute Gasteiger partial charge is 0.508 e. The van der Waals surface area contributed by atoms with Crippen molar-refractivity contribution in [3.8, 4) is 5.75 Å². The van der Waals surface area contributed by atoms with Gasteiger partial charge in [0.1, 0.15) is 11.8 Å². The number of benzene rings is 1. The van der Waals surface area contributed by atoms with Gasteiger partial charge in [-0.2, -0.15) is 0 Å². The summed E-state index contributed by atoms with van der Waals surface area (Å²) >= 11 is 5.75. The molecule has 0 aliphatic carbocycles. The molecule has 7 heteroatoms. The molecule has 2 atom stereocenters. The molecule has 0 fully saturated rings. The van der Waals surface area contributed by atoms with E-state index in [1.165, 1.54) is 13.0 Å². The third kappa shape index (κ3) is 7.29. The zero-order chi connectivity index (χ0) is 19.7. The quantitative estimate of drug-likeness (QED) is 0.298. The van der Waals surface area contributed by atoms with Crippen LogP contribution in [-0.4, -0.2) is 45.2 Å². The van der Waals surface area contributed by atoms with Gasteiger partial charge in [-0.1, -0.05) is 24.3 Å². The van der Waals surface area contributed by atoms with Crippen LogP contribution in [0.2, 0.25) is 0 Å². The number of amides is 1. The average Bonchev–Trinajstić information content (AvgIpc) is 2.59. The number of phenols is 1. The van der Waals surface area contributed by atoms with E-state index in [-0.39, 0.29) is 17.2 Å². The number of aromatic hydroxyl groups is 1. The maximum Gasteiger partial charge on any atom is 0.325 e. The van der Waals surface area contributed by atoms with E-state index in [0.717, 1.165) is 5.56 Å². The Morgan fingerprint density at radius 3 is 2.58 bits per heavy atom. The summed E-state index contributed by atoms with van der Waals surface area (Å²) in [4.78, 5) is 22.8. The number of alkyl halides is 1. The van der Waals surface area contributed by atoms with Crippen molar-refractivity contribution in [3.05, 3.63) is 53.1 Å². The van der Waals surface area contributed by atoms with Crippen molar-refractivity contribution < 1.29 is 24.9 Å². The van der Waals surface area contributed by atoms with E-state index in [0.29, 0.717) is 18.4 Å². The van der Waals surface area contributed by atoms with Gasteiger partial charge in [0.15, 0.2) is 0 Å². The van der Waals surface area contributed by atoms with Crippen LogP contribution in [0, 0.1) is 0 Å². The molecule has 0 saturated carbocycles. The molecule has 1 aromatic carbocycles. The second kappa shape index (κ2) is 10.6. The fourth-order valence-electron chi connectivity index (χ4n) is 2.12. The molecule has 0 aliphatic rings. The fraction of sp³-hybridized carbons (Fsp3) is 0.368. The van der Waals surface area contributed by atoms with E-state index >= 15 is 0 Å². The third-order valence-corrected chi connectivity index (χ3v) is 4.13. The monoisotopic (exact) mass is 381 g/mol. The van der Waals surface area contributed by atoms with Crippen LogP contribution in [-0.2, 0) is 16.0 Å². The predicted molar refractivity (Wildman–Crippen MR) is 100 cm³/mol. The Bertz CT molecular complexity index is 699. The summed E-state index contributed by atoms with van der Waals surface area (Å²) in [5.41, 5.74) is 1.77. The van der Waals surface area contributed by atoms with Crippen molar-refractivity contribution in [3.63, 3.8) is 0 Å². The minimum absolute atomic E-state index is 0.0820. The van der Waals surface area contributed by atoms with Crippen molar-refractivity contribution >= 4 is 23.5 Å². The van der Waals surface area contributed by atoms with Crippen LogP contribution in [0.3, 0.4) is 0 Å². The van der Waals surface area contributed by atoms with Gasteiger partial charge in [0.2, 0.25) is 5.91 Å². The normalized spacial score (nSPS) is 14.6. The van der Waals surface area contributed by atoms with Gasteiger partial charge in [-0.25, -0.2) is 0 Å². The van der Waals surface area contributed by atoms with Gasteiger partial charge in [-0.05, 0) is 50.0 Å². The van der Waals surface area contributed by atoms with Crippen molar-refractivity contribution in [2.24, 2.45) is 0 Å². The molecular weight excluding hydrogens is 358 g/mol. The number of nitrogens with one attached hydrogen (secondary N) is 1. The number of carboxylic acids is 1. The Morgan fingerprint density at radius 1 is 1.31 bits per heavy atom. The van der Waals surface area contributed by atoms with Crippen LogP contribution in [0.15, 0.2) is 47.6 Å². The number of hydrogen-bond donors (Lipinski definition) is 4. The lowest BCUT2D eigenvalue weighted by Crippen LogP contribution is -2.39. The highest BCUT2D eigenvalue weighted by molar-refractivity contribution is 6.22. The van der Waals surface area contributed by atoms with Crippen LogP contribution in [0.1, 0.15) is 25.8 Å². The van der Waals surface area contributed by atoms with E-state index < -0.39 is 24.0 Å². The van der Waals surface area contributed by atoms with E-state index in [1.54, 1.807) is 31.2 Å². The maximum absolute atomic E-state index is 12.0. The number of allylic oxidation sites excluding steroid dienone is 2. The zero-order valence-corrected chi connectivity index (χ0v) is 15.5. The number of carboxylic acid groups (broad SMARTS) is 1. The first kappa shape index (κ1) is 21.7. The summed E-state index contributed by atoms with van der Waals surface area (Å²) in [7, 11) is 0. The predicted octanol–water partition coefficient (Wildman–Crippen LogP) is 2.39. The molecule has 1 unspecified atom stereocenters. The second-order valence-electron chi connectivity index (χ2n) is 5.99. The highest BCUT2D eigenvalue weighted by Crippen LogP contribution is 2.15. The Kier molecular flexibility index (Phi) is 8.88. The lowest BCUT2D eigenvalue weighted by Gasteiger charge is -2.12. The van der Waals surface area contributed by atoms with Crippen molar-refractivity contribution in [2.45, 2.75) is 38.8 Å². The molecule has 26 heavy (non-hydrogen) atoms. The number of phenolic OH excluding ortho intramolecular Hbond substituents is 1. The van der Waals surface area contributed by atoms with Crippen LogP contribution in [0.25, 0.3) is 0 Å². The van der Waals surface area contributed by atoms with Crippen LogP contribution < -0.4 is 5.32 Å². The highest BCUT2D eigenvalue weighted by Gasteiger charge is 2.16. The van der Waals surface area contributed by atoms with Gasteiger partial charge in [-0.3, -0.25) is 9.59 Å². The summed E-state index contributed by atoms with van der Waals surface area (Å²) in [6, 6.07) is 5.81. The average molecular weight is 382 g/mol. The Labute approximate surface area is 157 Å². The highest BCUT2D eigenvalue weighted by atomic mass is 35.5. The first-order chi connectivity index (χ1) is 12.2. The van der Waals surface area contributed by atoms with Gasteiger partial charge < -0.3 is 20.6 Å². The lowest BCUT2D eigenvalue weighted by molar-refractivity contribution is -0.140. The number of rotatable bonds is 9. The number of carbonyl (C=O) groups excluding carboxylic acids is 1. The first-order valence-electron chi connectivity index (χ1n) is 8.17. The van der Waals surface area contributed by atoms with Gasteiger partial charge in [-0.15, -0.1) is 11.6 Å². The Morgan fingerprint density at radius 2 is 2.00 bits per heavy atom. The molecule has 0 aliphatic heterocycles. The molecule has 1 amide bonds. The molecule has 0 bridgehead atoms. The summed E-state index contributed by atoms with van der Waals surface area (Å²) in [5, 5.41) is 30.8. The standard InChI is InChI=1S/C19H24ClNO5/c1-12(17(23)9-7-14-4-3-5-16(22)10-14)6-8-15(11-20)18(24)21-13(2)19(25)26/h3-6,8,10,13,17,22-23H,7,9,11H2,1-2H3,(H,21,24)(H,25,26)/b12-6+,15-8+/t13-,17?/m0/s1. The molecule has 1 aromatic rings. The number of halogens is 1. The molecule has 0 saturated heterocycles. The molecular formula is C19H24ClNO5. The number of aliphatic carboxylic acids is 1. The molecule has 1 rings (SSSR count). The summed E-state index contributed by atoms with van der Waals surface area (Å²) in [6.45, 7) is 3.09. The maximum atomic E-state index is 12.0. The van der Waals surface area contributed by atoms with Crippen LogP contribution in [0.4, 0.5) is 0 Å². The van der Waals surface area contributed by atoms with Gasteiger partial charge in [0.25, 0.3) is 0 Å². The second-order valence-corrected chi connectivity index (χ2v) is 6.26. The minimum Gasteiger partial charge on any atom is -0.508 e. The van der Waals surface area contributed by atoms with E-state index in [4.69, 9.17) is 16.7 Å². The number of carbonyl (C=O) groups is 2. The number of aliphatic hydroxyl groups is 1. The number of aryl methyl sites for hydroxylation is 1. The first-order valence-corrected chi connectivity index (χ1v) is 8.71. The smallest absolute Gasteiger partial charge is 0.325 e. The topological polar surface area (TPSA) is 107 Å². The van der Waals surface area contributed by atoms with E-state index in [1.807, 2.05) is 6.07 Å². The number of aliphatic hydroxyl groups excluding tert-OH is 1. The molecule has 142 valence electrons. The molecule has 0 radical (unpaired) electrons. The zero-order valence-electron chi connectivity index (χ0n) is 14.8. The Hall–Kier alpha value is -2.31.